The second kappa shape index (κ2) is 4.49. The Morgan fingerprint density at radius 1 is 1.50 bits per heavy atom. The summed E-state index contributed by atoms with van der Waals surface area (Å²) in [6.45, 7) is 1.73. The van der Waals surface area contributed by atoms with E-state index in [1.54, 1.807) is 11.3 Å². The van der Waals surface area contributed by atoms with Gasteiger partial charge in [0.15, 0.2) is 0 Å². The van der Waals surface area contributed by atoms with Crippen LogP contribution in [0.5, 0.6) is 0 Å². The largest absolute Gasteiger partial charge is 0.478 e. The Hall–Kier alpha value is -1.75. The van der Waals surface area contributed by atoms with Gasteiger partial charge in [0.05, 0.1) is 13.2 Å². The van der Waals surface area contributed by atoms with Gasteiger partial charge in [-0.25, -0.2) is 4.79 Å². The molecule has 0 fully saturated rings. The van der Waals surface area contributed by atoms with Crippen molar-refractivity contribution in [2.24, 2.45) is 0 Å². The maximum absolute atomic E-state index is 11.0. The molecule has 0 amide bonds. The predicted octanol–water partition coefficient (Wildman–Crippen LogP) is 2.00. The van der Waals surface area contributed by atoms with Crippen molar-refractivity contribution < 1.29 is 9.90 Å². The zero-order valence-corrected chi connectivity index (χ0v) is 10.7. The molecule has 0 aromatic carbocycles. The zero-order chi connectivity index (χ0) is 12.5. The third-order valence-corrected chi connectivity index (χ3v) is 4.30. The van der Waals surface area contributed by atoms with Gasteiger partial charge in [0, 0.05) is 27.7 Å². The van der Waals surface area contributed by atoms with Crippen LogP contribution < -0.4 is 5.32 Å². The van der Waals surface area contributed by atoms with Gasteiger partial charge in [-0.05, 0) is 30.5 Å². The van der Waals surface area contributed by atoms with Crippen LogP contribution in [0.4, 0.5) is 0 Å². The Morgan fingerprint density at radius 2 is 2.39 bits per heavy atom. The van der Waals surface area contributed by atoms with Crippen LogP contribution in [0, 0.1) is 0 Å². The molecular weight excluding hydrogens is 248 g/mol. The van der Waals surface area contributed by atoms with E-state index in [1.165, 1.54) is 10.4 Å². The topological polar surface area (TPSA) is 52.6 Å². The van der Waals surface area contributed by atoms with Gasteiger partial charge in [-0.1, -0.05) is 0 Å². The van der Waals surface area contributed by atoms with Gasteiger partial charge in [0.1, 0.15) is 0 Å². The van der Waals surface area contributed by atoms with Crippen molar-refractivity contribution in [3.63, 3.8) is 0 Å². The monoisotopic (exact) mass is 262 g/mol. The highest BCUT2D eigenvalue weighted by molar-refractivity contribution is 7.13. The molecule has 1 aromatic rings. The second-order valence-corrected chi connectivity index (χ2v) is 5.67. The fraction of sp³-hybridized carbons (Fsp3) is 0.308. The van der Waals surface area contributed by atoms with E-state index in [0.717, 1.165) is 24.5 Å². The molecule has 0 spiro atoms. The van der Waals surface area contributed by atoms with Crippen molar-refractivity contribution in [3.05, 3.63) is 39.4 Å². The SMILES string of the molecule is O=C(O)C1=Cc2sc(CN3C=CNC3)cc2CC1. The molecule has 0 atom stereocenters. The quantitative estimate of drug-likeness (QED) is 0.874. The summed E-state index contributed by atoms with van der Waals surface area (Å²) in [6.07, 6.45) is 7.29. The first kappa shape index (κ1) is 11.3. The van der Waals surface area contributed by atoms with E-state index >= 15 is 0 Å². The summed E-state index contributed by atoms with van der Waals surface area (Å²) in [5, 5.41) is 12.1. The fourth-order valence-corrected chi connectivity index (χ4v) is 3.46. The van der Waals surface area contributed by atoms with Crippen LogP contribution >= 0.6 is 11.3 Å². The van der Waals surface area contributed by atoms with Gasteiger partial charge in [-0.15, -0.1) is 11.3 Å². The lowest BCUT2D eigenvalue weighted by Gasteiger charge is -2.12. The summed E-state index contributed by atoms with van der Waals surface area (Å²) in [7, 11) is 0. The summed E-state index contributed by atoms with van der Waals surface area (Å²) in [5.41, 5.74) is 1.81. The molecule has 0 saturated carbocycles. The Kier molecular flexibility index (Phi) is 2.83. The maximum atomic E-state index is 11.0. The minimum atomic E-state index is -0.790. The van der Waals surface area contributed by atoms with E-state index in [0.29, 0.717) is 12.0 Å². The molecule has 3 rings (SSSR count). The number of rotatable bonds is 3. The number of nitrogens with one attached hydrogen (secondary N) is 1. The van der Waals surface area contributed by atoms with E-state index in [2.05, 4.69) is 16.3 Å². The van der Waals surface area contributed by atoms with Gasteiger partial charge < -0.3 is 15.3 Å². The number of carbonyl (C=O) groups is 1. The fourth-order valence-electron chi connectivity index (χ4n) is 2.26. The van der Waals surface area contributed by atoms with Gasteiger partial charge in [0.2, 0.25) is 0 Å². The van der Waals surface area contributed by atoms with Crippen LogP contribution in [0.2, 0.25) is 0 Å². The minimum Gasteiger partial charge on any atom is -0.478 e. The molecule has 1 aliphatic carbocycles. The molecule has 94 valence electrons. The molecule has 0 saturated heterocycles. The van der Waals surface area contributed by atoms with Crippen LogP contribution in [0.1, 0.15) is 21.7 Å². The van der Waals surface area contributed by atoms with Crippen molar-refractivity contribution in [2.45, 2.75) is 19.4 Å². The van der Waals surface area contributed by atoms with Crippen LogP contribution in [-0.2, 0) is 17.8 Å². The highest BCUT2D eigenvalue weighted by Crippen LogP contribution is 2.32. The van der Waals surface area contributed by atoms with E-state index in [9.17, 15) is 4.79 Å². The molecule has 2 N–H and O–H groups in total. The first-order valence-corrected chi connectivity index (χ1v) is 6.73. The highest BCUT2D eigenvalue weighted by atomic mass is 32.1. The van der Waals surface area contributed by atoms with Crippen LogP contribution in [0.25, 0.3) is 6.08 Å². The van der Waals surface area contributed by atoms with Gasteiger partial charge >= 0.3 is 5.97 Å². The lowest BCUT2D eigenvalue weighted by atomic mass is 9.98. The smallest absolute Gasteiger partial charge is 0.331 e. The number of carboxylic acid groups (broad SMARTS) is 1. The Labute approximate surface area is 109 Å². The highest BCUT2D eigenvalue weighted by Gasteiger charge is 2.18. The number of thiophene rings is 1. The molecule has 0 radical (unpaired) electrons. The number of hydrogen-bond acceptors (Lipinski definition) is 4. The Balaban J connectivity index is 1.80. The number of carboxylic acids is 1. The predicted molar refractivity (Wildman–Crippen MR) is 70.9 cm³/mol. The van der Waals surface area contributed by atoms with Gasteiger partial charge in [-0.2, -0.15) is 0 Å². The standard InChI is InChI=1S/C13H14N2O2S/c16-13(17)10-2-1-9-5-11(18-12(9)6-10)7-15-4-3-14-8-15/h3-6,14H,1-2,7-8H2,(H,16,17). The van der Waals surface area contributed by atoms with Crippen molar-refractivity contribution >= 4 is 23.4 Å². The molecule has 5 heteroatoms. The summed E-state index contributed by atoms with van der Waals surface area (Å²) in [5.74, 6) is -0.790. The van der Waals surface area contributed by atoms with E-state index < -0.39 is 5.97 Å². The summed E-state index contributed by atoms with van der Waals surface area (Å²) in [4.78, 5) is 15.6. The number of fused-ring (bicyclic) bond motifs is 1. The van der Waals surface area contributed by atoms with Crippen molar-refractivity contribution in [2.75, 3.05) is 6.67 Å². The van der Waals surface area contributed by atoms with Crippen LogP contribution in [0.3, 0.4) is 0 Å². The molecular formula is C13H14N2O2S. The molecule has 2 aliphatic rings. The summed E-state index contributed by atoms with van der Waals surface area (Å²) in [6, 6.07) is 2.21. The number of aliphatic carboxylic acids is 1. The average molecular weight is 262 g/mol. The Morgan fingerprint density at radius 3 is 3.11 bits per heavy atom. The first-order valence-electron chi connectivity index (χ1n) is 5.92. The normalized spacial score (nSPS) is 17.3. The second-order valence-electron chi connectivity index (χ2n) is 4.50. The number of aryl methyl sites for hydroxylation is 1. The van der Waals surface area contributed by atoms with Crippen LogP contribution in [-0.4, -0.2) is 22.6 Å². The van der Waals surface area contributed by atoms with E-state index in [4.69, 9.17) is 5.11 Å². The van der Waals surface area contributed by atoms with Crippen LogP contribution in [0.15, 0.2) is 24.0 Å². The zero-order valence-electron chi connectivity index (χ0n) is 9.85. The minimum absolute atomic E-state index is 0.527. The molecule has 1 aromatic heterocycles. The average Bonchev–Trinajstić information content (AvgIpc) is 2.96. The van der Waals surface area contributed by atoms with Crippen molar-refractivity contribution in [1.82, 2.24) is 10.2 Å². The van der Waals surface area contributed by atoms with Gasteiger partial charge in [-0.3, -0.25) is 0 Å². The number of hydrogen-bond donors (Lipinski definition) is 2. The molecule has 2 heterocycles. The first-order chi connectivity index (χ1) is 8.72. The lowest BCUT2D eigenvalue weighted by molar-refractivity contribution is -0.132. The summed E-state index contributed by atoms with van der Waals surface area (Å²) >= 11 is 1.70. The molecule has 0 bridgehead atoms. The Bertz CT molecular complexity index is 545. The third-order valence-electron chi connectivity index (χ3n) is 3.19. The van der Waals surface area contributed by atoms with Crippen molar-refractivity contribution in [3.8, 4) is 0 Å². The summed E-state index contributed by atoms with van der Waals surface area (Å²) < 4.78 is 0. The molecule has 18 heavy (non-hydrogen) atoms. The molecule has 4 nitrogen and oxygen atoms in total. The third kappa shape index (κ3) is 2.13. The molecule has 1 aliphatic heterocycles. The van der Waals surface area contributed by atoms with E-state index in [1.807, 2.05) is 18.5 Å². The number of nitrogens with zero attached hydrogens (tertiary/aromatic N) is 1. The lowest BCUT2D eigenvalue weighted by Crippen LogP contribution is -2.19. The molecule has 0 unspecified atom stereocenters. The van der Waals surface area contributed by atoms with E-state index in [-0.39, 0.29) is 0 Å². The maximum Gasteiger partial charge on any atom is 0.331 e. The van der Waals surface area contributed by atoms with Gasteiger partial charge in [0.25, 0.3) is 0 Å². The van der Waals surface area contributed by atoms with Crippen molar-refractivity contribution in [1.29, 1.82) is 0 Å².